The topological polar surface area (TPSA) is 199 Å². The molecule has 16 nitrogen and oxygen atoms in total. The predicted molar refractivity (Wildman–Crippen MR) is 162 cm³/mol. The monoisotopic (exact) mass is 629 g/mol. The van der Waals surface area contributed by atoms with Crippen LogP contribution in [0, 0.1) is 0 Å². The molecule has 0 unspecified atom stereocenters. The van der Waals surface area contributed by atoms with Gasteiger partial charge < -0.3 is 54.7 Å². The third kappa shape index (κ3) is 19.0. The highest BCUT2D eigenvalue weighted by Gasteiger charge is 2.07. The molecule has 2 aromatic heterocycles. The summed E-state index contributed by atoms with van der Waals surface area (Å²) in [5, 5.41) is 7.96. The molecule has 0 aromatic carbocycles. The SMILES string of the molecule is NCCOCCOCCOCCOCCOCCOCCOCCOCCC(=O)NCCCCn1ncc2c(N)ncnc21. The smallest absolute Gasteiger partial charge is 0.222 e. The zero-order valence-corrected chi connectivity index (χ0v) is 25.8. The standard InChI is InChI=1S/C28H51N7O9/c29-4-8-38-10-12-40-14-16-42-18-20-44-22-21-43-19-17-41-15-13-39-11-9-37-7-3-26(36)31-5-1-2-6-35-28-25(23-34-35)27(30)32-24-33-28/h23-24H,1-22,29H2,(H,31,36)(H2,30,32,33). The zero-order valence-electron chi connectivity index (χ0n) is 25.8. The van der Waals surface area contributed by atoms with Gasteiger partial charge in [-0.25, -0.2) is 14.6 Å². The molecule has 44 heavy (non-hydrogen) atoms. The van der Waals surface area contributed by atoms with Gasteiger partial charge in [0.1, 0.15) is 12.1 Å². The number of nitrogens with one attached hydrogen (secondary N) is 1. The molecule has 0 bridgehead atoms. The Kier molecular flexibility index (Phi) is 23.0. The van der Waals surface area contributed by atoms with E-state index in [9.17, 15) is 4.79 Å². The van der Waals surface area contributed by atoms with Crippen molar-refractivity contribution in [3.63, 3.8) is 0 Å². The summed E-state index contributed by atoms with van der Waals surface area (Å²) in [5.74, 6) is 0.386. The second-order valence-electron chi connectivity index (χ2n) is 9.36. The number of hydrogen-bond acceptors (Lipinski definition) is 14. The Morgan fingerprint density at radius 2 is 1.16 bits per heavy atom. The molecule has 16 heteroatoms. The number of rotatable bonds is 31. The van der Waals surface area contributed by atoms with Gasteiger partial charge in [0.2, 0.25) is 5.91 Å². The number of hydrogen-bond donors (Lipinski definition) is 3. The fourth-order valence-corrected chi connectivity index (χ4v) is 3.67. The van der Waals surface area contributed by atoms with Gasteiger partial charge in [-0.3, -0.25) is 4.79 Å². The molecule has 0 saturated heterocycles. The van der Waals surface area contributed by atoms with Gasteiger partial charge in [0.05, 0.1) is 117 Å². The fourth-order valence-electron chi connectivity index (χ4n) is 3.67. The summed E-state index contributed by atoms with van der Waals surface area (Å²) in [4.78, 5) is 20.2. The first-order valence-corrected chi connectivity index (χ1v) is 15.2. The Labute approximate surface area is 259 Å². The molecule has 0 radical (unpaired) electrons. The zero-order chi connectivity index (χ0) is 31.3. The maximum absolute atomic E-state index is 12.0. The number of nitrogens with zero attached hydrogens (tertiary/aromatic N) is 4. The van der Waals surface area contributed by atoms with Crippen molar-refractivity contribution in [3.8, 4) is 0 Å². The van der Waals surface area contributed by atoms with E-state index in [-0.39, 0.29) is 5.91 Å². The van der Waals surface area contributed by atoms with Crippen LogP contribution in [0.2, 0.25) is 0 Å². The number of fused-ring (bicyclic) bond motifs is 1. The van der Waals surface area contributed by atoms with Crippen LogP contribution >= 0.6 is 0 Å². The molecular weight excluding hydrogens is 578 g/mol. The number of nitrogen functional groups attached to an aromatic ring is 1. The van der Waals surface area contributed by atoms with E-state index < -0.39 is 0 Å². The van der Waals surface area contributed by atoms with E-state index in [1.165, 1.54) is 6.33 Å². The Morgan fingerprint density at radius 1 is 0.682 bits per heavy atom. The van der Waals surface area contributed by atoms with E-state index in [1.807, 2.05) is 0 Å². The van der Waals surface area contributed by atoms with Crippen LogP contribution in [0.25, 0.3) is 11.0 Å². The summed E-state index contributed by atoms with van der Waals surface area (Å²) >= 11 is 0. The second kappa shape index (κ2) is 26.8. The number of carbonyl (C=O) groups excluding carboxylic acids is 1. The first kappa shape index (κ1) is 37.6. The lowest BCUT2D eigenvalue weighted by molar-refractivity contribution is -0.122. The minimum Gasteiger partial charge on any atom is -0.383 e. The van der Waals surface area contributed by atoms with Gasteiger partial charge in [-0.15, -0.1) is 0 Å². The van der Waals surface area contributed by atoms with E-state index in [0.29, 0.717) is 138 Å². The van der Waals surface area contributed by atoms with Crippen LogP contribution in [0.3, 0.4) is 0 Å². The van der Waals surface area contributed by atoms with Crippen LogP contribution in [-0.2, 0) is 49.2 Å². The lowest BCUT2D eigenvalue weighted by Gasteiger charge is -2.09. The molecule has 0 fully saturated rings. The summed E-state index contributed by atoms with van der Waals surface area (Å²) < 4.78 is 45.1. The summed E-state index contributed by atoms with van der Waals surface area (Å²) in [5.41, 5.74) is 11.9. The molecule has 2 rings (SSSR count). The molecule has 0 spiro atoms. The second-order valence-corrected chi connectivity index (χ2v) is 9.36. The largest absolute Gasteiger partial charge is 0.383 e. The lowest BCUT2D eigenvalue weighted by Crippen LogP contribution is -2.26. The molecule has 2 aromatic rings. The van der Waals surface area contributed by atoms with Crippen molar-refractivity contribution in [2.45, 2.75) is 25.8 Å². The maximum atomic E-state index is 12.0. The van der Waals surface area contributed by atoms with Crippen molar-refractivity contribution in [2.75, 3.05) is 125 Å². The highest BCUT2D eigenvalue weighted by Crippen LogP contribution is 2.15. The van der Waals surface area contributed by atoms with Crippen molar-refractivity contribution in [1.82, 2.24) is 25.1 Å². The van der Waals surface area contributed by atoms with Crippen molar-refractivity contribution in [2.24, 2.45) is 5.73 Å². The van der Waals surface area contributed by atoms with Crippen LogP contribution in [0.15, 0.2) is 12.5 Å². The quantitative estimate of drug-likeness (QED) is 0.0925. The number of unbranched alkanes of at least 4 members (excludes halogenated alkanes) is 1. The van der Waals surface area contributed by atoms with E-state index >= 15 is 0 Å². The van der Waals surface area contributed by atoms with E-state index in [0.717, 1.165) is 23.9 Å². The number of ether oxygens (including phenoxy) is 8. The number of aromatic nitrogens is 4. The van der Waals surface area contributed by atoms with Gasteiger partial charge in [-0.2, -0.15) is 5.10 Å². The third-order valence-electron chi connectivity index (χ3n) is 5.92. The Balaban J connectivity index is 1.22. The minimum absolute atomic E-state index is 0.0365. The number of amides is 1. The summed E-state index contributed by atoms with van der Waals surface area (Å²) in [6.07, 6.45) is 5.09. The first-order chi connectivity index (χ1) is 21.7. The van der Waals surface area contributed by atoms with Crippen LogP contribution in [-0.4, -0.2) is 144 Å². The van der Waals surface area contributed by atoms with Crippen molar-refractivity contribution in [3.05, 3.63) is 12.5 Å². The van der Waals surface area contributed by atoms with E-state index in [4.69, 9.17) is 49.4 Å². The molecule has 0 aliphatic heterocycles. The fraction of sp³-hybridized carbons (Fsp3) is 0.786. The van der Waals surface area contributed by atoms with Crippen LogP contribution in [0.4, 0.5) is 5.82 Å². The van der Waals surface area contributed by atoms with E-state index in [2.05, 4.69) is 20.4 Å². The van der Waals surface area contributed by atoms with Gasteiger partial charge in [0.15, 0.2) is 5.65 Å². The van der Waals surface area contributed by atoms with Gasteiger partial charge in [0, 0.05) is 26.1 Å². The predicted octanol–water partition coefficient (Wildman–Crippen LogP) is -0.213. The first-order valence-electron chi connectivity index (χ1n) is 15.2. The molecule has 5 N–H and O–H groups in total. The number of nitrogens with two attached hydrogens (primary N) is 2. The number of anilines is 1. The molecule has 252 valence electrons. The third-order valence-corrected chi connectivity index (χ3v) is 5.92. The molecule has 1 amide bonds. The van der Waals surface area contributed by atoms with Crippen LogP contribution in [0.5, 0.6) is 0 Å². The molecule has 0 aliphatic rings. The van der Waals surface area contributed by atoms with Gasteiger partial charge >= 0.3 is 0 Å². The van der Waals surface area contributed by atoms with Crippen LogP contribution < -0.4 is 16.8 Å². The van der Waals surface area contributed by atoms with Gasteiger partial charge in [-0.1, -0.05) is 0 Å². The molecule has 0 saturated carbocycles. The number of aryl methyl sites for hydroxylation is 1. The molecule has 0 aliphatic carbocycles. The summed E-state index contributed by atoms with van der Waals surface area (Å²) in [6.45, 7) is 9.63. The maximum Gasteiger partial charge on any atom is 0.222 e. The number of carbonyl (C=O) groups is 1. The highest BCUT2D eigenvalue weighted by atomic mass is 16.6. The highest BCUT2D eigenvalue weighted by molar-refractivity contribution is 5.84. The molecular formula is C28H51N7O9. The Morgan fingerprint density at radius 3 is 1.66 bits per heavy atom. The van der Waals surface area contributed by atoms with Crippen molar-refractivity contribution >= 4 is 22.8 Å². The summed E-state index contributed by atoms with van der Waals surface area (Å²) in [7, 11) is 0. The molecule has 0 atom stereocenters. The van der Waals surface area contributed by atoms with Crippen molar-refractivity contribution in [1.29, 1.82) is 0 Å². The Bertz CT molecular complexity index is 971. The van der Waals surface area contributed by atoms with Crippen molar-refractivity contribution < 1.29 is 42.7 Å². The Hall–Kier alpha value is -2.54. The normalized spacial score (nSPS) is 11.5. The average Bonchev–Trinajstić information content (AvgIpc) is 3.45. The van der Waals surface area contributed by atoms with Gasteiger partial charge in [0.25, 0.3) is 0 Å². The molecule has 2 heterocycles. The van der Waals surface area contributed by atoms with Crippen LogP contribution in [0.1, 0.15) is 19.3 Å². The minimum atomic E-state index is -0.0365. The summed E-state index contributed by atoms with van der Waals surface area (Å²) in [6, 6.07) is 0. The van der Waals surface area contributed by atoms with E-state index in [1.54, 1.807) is 10.9 Å². The van der Waals surface area contributed by atoms with Gasteiger partial charge in [-0.05, 0) is 12.8 Å². The lowest BCUT2D eigenvalue weighted by atomic mass is 10.3. The average molecular weight is 630 g/mol.